The van der Waals surface area contributed by atoms with Crippen molar-refractivity contribution in [2.75, 3.05) is 20.2 Å². The summed E-state index contributed by atoms with van der Waals surface area (Å²) in [5.41, 5.74) is 0.728. The van der Waals surface area contributed by atoms with Crippen molar-refractivity contribution in [2.24, 2.45) is 0 Å². The number of carbonyl (C=O) groups excluding carboxylic acids is 1. The minimum absolute atomic E-state index is 0.0842. The van der Waals surface area contributed by atoms with E-state index in [1.54, 1.807) is 17.0 Å². The number of benzene rings is 1. The van der Waals surface area contributed by atoms with E-state index in [1.165, 1.54) is 13.2 Å². The van der Waals surface area contributed by atoms with Crippen LogP contribution in [0.3, 0.4) is 0 Å². The summed E-state index contributed by atoms with van der Waals surface area (Å²) in [6.07, 6.45) is 0. The van der Waals surface area contributed by atoms with Gasteiger partial charge in [0.15, 0.2) is 0 Å². The summed E-state index contributed by atoms with van der Waals surface area (Å²) >= 11 is 0. The lowest BCUT2D eigenvalue weighted by Crippen LogP contribution is -2.30. The van der Waals surface area contributed by atoms with Crippen molar-refractivity contribution < 1.29 is 17.9 Å². The van der Waals surface area contributed by atoms with Crippen LogP contribution in [0.25, 0.3) is 0 Å². The predicted molar refractivity (Wildman–Crippen MR) is 77.4 cm³/mol. The highest BCUT2D eigenvalue weighted by Gasteiger charge is 2.20. The second kappa shape index (κ2) is 7.06. The third-order valence-electron chi connectivity index (χ3n) is 2.93. The Bertz CT molecular complexity index is 582. The van der Waals surface area contributed by atoms with E-state index in [1.807, 2.05) is 13.8 Å². The smallest absolute Gasteiger partial charge is 0.261 e. The summed E-state index contributed by atoms with van der Waals surface area (Å²) < 4.78 is 28.1. The van der Waals surface area contributed by atoms with Crippen molar-refractivity contribution in [3.8, 4) is 0 Å². The first kappa shape index (κ1) is 16.9. The maximum Gasteiger partial charge on any atom is 0.261 e. The van der Waals surface area contributed by atoms with Gasteiger partial charge in [-0.3, -0.25) is 4.79 Å². The van der Waals surface area contributed by atoms with Gasteiger partial charge in [-0.05, 0) is 31.5 Å². The Morgan fingerprint density at radius 3 is 2.35 bits per heavy atom. The Morgan fingerprint density at radius 1 is 1.30 bits per heavy atom. The molecule has 7 heteroatoms. The number of hydrogen-bond donors (Lipinski definition) is 0. The summed E-state index contributed by atoms with van der Waals surface area (Å²) in [4.78, 5) is 13.7. The molecule has 0 radical (unpaired) electrons. The van der Waals surface area contributed by atoms with Gasteiger partial charge in [-0.1, -0.05) is 6.07 Å². The maximum absolute atomic E-state index is 12.2. The minimum Gasteiger partial charge on any atom is -0.380 e. The Morgan fingerprint density at radius 2 is 1.90 bits per heavy atom. The van der Waals surface area contributed by atoms with E-state index < -0.39 is 9.05 Å². The Hall–Kier alpha value is -1.11. The zero-order valence-electron chi connectivity index (χ0n) is 11.7. The van der Waals surface area contributed by atoms with Crippen LogP contribution in [0.1, 0.15) is 29.8 Å². The molecule has 1 aromatic rings. The molecule has 0 aliphatic rings. The van der Waals surface area contributed by atoms with Gasteiger partial charge in [-0.2, -0.15) is 0 Å². The molecular formula is C13H18ClNO4S. The molecule has 5 nitrogen and oxygen atoms in total. The van der Waals surface area contributed by atoms with Crippen LogP contribution in [0.2, 0.25) is 0 Å². The van der Waals surface area contributed by atoms with Crippen molar-refractivity contribution in [2.45, 2.75) is 25.3 Å². The summed E-state index contributed by atoms with van der Waals surface area (Å²) in [6, 6.07) is 4.44. The fourth-order valence-electron chi connectivity index (χ4n) is 1.88. The molecule has 1 aromatic carbocycles. The minimum atomic E-state index is -3.93. The van der Waals surface area contributed by atoms with Gasteiger partial charge in [0.1, 0.15) is 0 Å². The van der Waals surface area contributed by atoms with Gasteiger partial charge >= 0.3 is 0 Å². The first-order valence-electron chi connectivity index (χ1n) is 6.20. The molecule has 0 N–H and O–H groups in total. The highest BCUT2D eigenvalue weighted by molar-refractivity contribution is 8.13. The van der Waals surface area contributed by atoms with Crippen LogP contribution in [0.15, 0.2) is 23.1 Å². The molecule has 0 aromatic heterocycles. The van der Waals surface area contributed by atoms with Gasteiger partial charge in [0.2, 0.25) is 0 Å². The number of carbonyl (C=O) groups is 1. The molecule has 0 bridgehead atoms. The SMILES string of the molecule is CCN(CC)C(=O)c1ccc(COC)c(S(=O)(=O)Cl)c1. The fraction of sp³-hybridized carbons (Fsp3) is 0.462. The summed E-state index contributed by atoms with van der Waals surface area (Å²) in [5.74, 6) is -0.222. The molecule has 0 heterocycles. The monoisotopic (exact) mass is 319 g/mol. The van der Waals surface area contributed by atoms with Crippen LogP contribution >= 0.6 is 10.7 Å². The average molecular weight is 320 g/mol. The van der Waals surface area contributed by atoms with Crippen LogP contribution < -0.4 is 0 Å². The topological polar surface area (TPSA) is 63.7 Å². The normalized spacial score (nSPS) is 11.4. The van der Waals surface area contributed by atoms with E-state index >= 15 is 0 Å². The molecule has 0 fully saturated rings. The maximum atomic E-state index is 12.2. The van der Waals surface area contributed by atoms with Crippen molar-refractivity contribution >= 4 is 25.6 Å². The second-order valence-corrected chi connectivity index (χ2v) is 6.71. The third kappa shape index (κ3) is 3.94. The van der Waals surface area contributed by atoms with E-state index in [-0.39, 0.29) is 17.4 Å². The number of methoxy groups -OCH3 is 1. The van der Waals surface area contributed by atoms with Crippen LogP contribution in [-0.2, 0) is 20.4 Å². The van der Waals surface area contributed by atoms with Crippen molar-refractivity contribution in [3.63, 3.8) is 0 Å². The van der Waals surface area contributed by atoms with E-state index in [0.717, 1.165) is 0 Å². The Labute approximate surface area is 123 Å². The van der Waals surface area contributed by atoms with Crippen LogP contribution in [0, 0.1) is 0 Å². The lowest BCUT2D eigenvalue weighted by molar-refractivity contribution is 0.0772. The summed E-state index contributed by atoms with van der Waals surface area (Å²) in [7, 11) is 2.94. The fourth-order valence-corrected chi connectivity index (χ4v) is 3.02. The number of rotatable bonds is 6. The zero-order valence-corrected chi connectivity index (χ0v) is 13.3. The predicted octanol–water partition coefficient (Wildman–Crippen LogP) is 2.24. The summed E-state index contributed by atoms with van der Waals surface area (Å²) in [6.45, 7) is 4.94. The molecule has 0 spiro atoms. The van der Waals surface area contributed by atoms with Crippen molar-refractivity contribution in [1.82, 2.24) is 4.90 Å². The van der Waals surface area contributed by atoms with E-state index in [4.69, 9.17) is 15.4 Å². The Balaban J connectivity index is 3.29. The van der Waals surface area contributed by atoms with Crippen molar-refractivity contribution in [1.29, 1.82) is 0 Å². The molecule has 1 rings (SSSR count). The quantitative estimate of drug-likeness (QED) is 0.754. The molecule has 0 saturated carbocycles. The molecule has 0 unspecified atom stereocenters. The molecule has 0 saturated heterocycles. The van der Waals surface area contributed by atoms with Gasteiger partial charge in [-0.15, -0.1) is 0 Å². The number of amides is 1. The van der Waals surface area contributed by atoms with E-state index in [2.05, 4.69) is 0 Å². The lowest BCUT2D eigenvalue weighted by atomic mass is 10.1. The molecule has 1 amide bonds. The molecule has 0 aliphatic carbocycles. The third-order valence-corrected chi connectivity index (χ3v) is 4.33. The van der Waals surface area contributed by atoms with Gasteiger partial charge in [-0.25, -0.2) is 8.42 Å². The molecule has 0 aliphatic heterocycles. The molecule has 0 atom stereocenters. The average Bonchev–Trinajstić information content (AvgIpc) is 2.39. The van der Waals surface area contributed by atoms with Crippen LogP contribution in [-0.4, -0.2) is 39.4 Å². The number of nitrogens with zero attached hydrogens (tertiary/aromatic N) is 1. The highest BCUT2D eigenvalue weighted by Crippen LogP contribution is 2.23. The first-order valence-corrected chi connectivity index (χ1v) is 8.51. The first-order chi connectivity index (χ1) is 9.35. The molecule has 20 heavy (non-hydrogen) atoms. The number of halogens is 1. The van der Waals surface area contributed by atoms with Crippen LogP contribution in [0.4, 0.5) is 0 Å². The molecule has 112 valence electrons. The largest absolute Gasteiger partial charge is 0.380 e. The summed E-state index contributed by atoms with van der Waals surface area (Å²) in [5, 5.41) is 0. The van der Waals surface area contributed by atoms with Crippen LogP contribution in [0.5, 0.6) is 0 Å². The van der Waals surface area contributed by atoms with Gasteiger partial charge in [0, 0.05) is 36.4 Å². The lowest BCUT2D eigenvalue weighted by Gasteiger charge is -2.19. The second-order valence-electron chi connectivity index (χ2n) is 4.17. The molecular weight excluding hydrogens is 302 g/mol. The van der Waals surface area contributed by atoms with Gasteiger partial charge < -0.3 is 9.64 Å². The van der Waals surface area contributed by atoms with Crippen molar-refractivity contribution in [3.05, 3.63) is 29.3 Å². The standard InChI is InChI=1S/C13H18ClNO4S/c1-4-15(5-2)13(16)10-6-7-11(9-19-3)12(8-10)20(14,17)18/h6-8H,4-5,9H2,1-3H3. The Kier molecular flexibility index (Phi) is 5.98. The number of ether oxygens (including phenoxy) is 1. The van der Waals surface area contributed by atoms with E-state index in [9.17, 15) is 13.2 Å². The van der Waals surface area contributed by atoms with E-state index in [0.29, 0.717) is 24.2 Å². The number of hydrogen-bond acceptors (Lipinski definition) is 4. The zero-order chi connectivity index (χ0) is 15.3. The highest BCUT2D eigenvalue weighted by atomic mass is 35.7. The van der Waals surface area contributed by atoms with Gasteiger partial charge in [0.05, 0.1) is 11.5 Å². The van der Waals surface area contributed by atoms with Gasteiger partial charge in [0.25, 0.3) is 15.0 Å².